The van der Waals surface area contributed by atoms with Gasteiger partial charge in [0.05, 0.1) is 12.7 Å². The second-order valence-corrected chi connectivity index (χ2v) is 4.54. The number of nitro groups is 1. The van der Waals surface area contributed by atoms with Gasteiger partial charge in [-0.2, -0.15) is 0 Å². The molecule has 19 heavy (non-hydrogen) atoms. The summed E-state index contributed by atoms with van der Waals surface area (Å²) in [5.74, 6) is -0.0836. The Hall–Kier alpha value is -2.29. The van der Waals surface area contributed by atoms with Crippen LogP contribution in [-0.4, -0.2) is 25.4 Å². The van der Waals surface area contributed by atoms with Crippen molar-refractivity contribution < 1.29 is 14.5 Å². The largest absolute Gasteiger partial charge is 0.459 e. The molecule has 0 bridgehead atoms. The number of nitrogens with zero attached hydrogens (tertiary/aromatic N) is 4. The zero-order valence-corrected chi connectivity index (χ0v) is 11.0. The summed E-state index contributed by atoms with van der Waals surface area (Å²) in [4.78, 5) is 29.1. The molecule has 2 aromatic rings. The summed E-state index contributed by atoms with van der Waals surface area (Å²) in [6.07, 6.45) is 1.18. The first-order valence-corrected chi connectivity index (χ1v) is 6.11. The van der Waals surface area contributed by atoms with E-state index >= 15 is 0 Å². The van der Waals surface area contributed by atoms with Crippen molar-refractivity contribution in [3.8, 4) is 10.8 Å². The van der Waals surface area contributed by atoms with Gasteiger partial charge in [0, 0.05) is 12.3 Å². The summed E-state index contributed by atoms with van der Waals surface area (Å²) in [6, 6.07) is 0. The molecule has 0 aromatic carbocycles. The van der Waals surface area contributed by atoms with Crippen molar-refractivity contribution in [3.05, 3.63) is 27.4 Å². The highest BCUT2D eigenvalue weighted by Gasteiger charge is 2.20. The molecule has 9 heteroatoms. The van der Waals surface area contributed by atoms with Crippen molar-refractivity contribution in [2.45, 2.75) is 13.5 Å². The highest BCUT2D eigenvalue weighted by molar-refractivity contribution is 7.13. The molecular formula is C10H10N4O4S. The minimum Gasteiger partial charge on any atom is -0.459 e. The molecule has 0 atom stereocenters. The maximum Gasteiger partial charge on any atom is 0.342 e. The summed E-state index contributed by atoms with van der Waals surface area (Å²) in [5.41, 5.74) is 0.584. The third-order valence-corrected chi connectivity index (χ3v) is 3.20. The first-order valence-electron chi connectivity index (χ1n) is 5.23. The predicted molar refractivity (Wildman–Crippen MR) is 66.4 cm³/mol. The molecule has 0 aliphatic rings. The molecule has 100 valence electrons. The summed E-state index contributed by atoms with van der Waals surface area (Å²) >= 11 is 1.29. The van der Waals surface area contributed by atoms with Gasteiger partial charge in [-0.05, 0) is 4.92 Å². The number of aromatic nitrogens is 3. The Morgan fingerprint density at radius 2 is 2.37 bits per heavy atom. The van der Waals surface area contributed by atoms with Gasteiger partial charge in [-0.15, -0.1) is 11.3 Å². The third-order valence-electron chi connectivity index (χ3n) is 2.32. The van der Waals surface area contributed by atoms with E-state index in [-0.39, 0.29) is 18.4 Å². The lowest BCUT2D eigenvalue weighted by Gasteiger charge is -1.97. The normalized spacial score (nSPS) is 10.4. The summed E-state index contributed by atoms with van der Waals surface area (Å²) in [6.45, 7) is 1.40. The van der Waals surface area contributed by atoms with E-state index in [1.54, 1.807) is 12.4 Å². The molecule has 0 spiro atoms. The Morgan fingerprint density at radius 1 is 1.63 bits per heavy atom. The van der Waals surface area contributed by atoms with E-state index in [4.69, 9.17) is 4.74 Å². The van der Waals surface area contributed by atoms with Crippen molar-refractivity contribution in [2.75, 3.05) is 0 Å². The van der Waals surface area contributed by atoms with Gasteiger partial charge in [-0.25, -0.2) is 14.5 Å². The van der Waals surface area contributed by atoms with Crippen LogP contribution in [0.5, 0.6) is 0 Å². The fraction of sp³-hybridized carbons (Fsp3) is 0.300. The molecule has 8 nitrogen and oxygen atoms in total. The van der Waals surface area contributed by atoms with Gasteiger partial charge in [0.15, 0.2) is 5.01 Å². The van der Waals surface area contributed by atoms with Crippen molar-refractivity contribution >= 4 is 23.1 Å². The molecule has 0 unspecified atom stereocenters. The van der Waals surface area contributed by atoms with E-state index in [0.29, 0.717) is 16.5 Å². The molecule has 0 aliphatic heterocycles. The molecule has 0 amide bonds. The van der Waals surface area contributed by atoms with Crippen molar-refractivity contribution in [3.63, 3.8) is 0 Å². The zero-order chi connectivity index (χ0) is 14.0. The monoisotopic (exact) mass is 282 g/mol. The van der Waals surface area contributed by atoms with Gasteiger partial charge in [-0.1, -0.05) is 0 Å². The van der Waals surface area contributed by atoms with Gasteiger partial charge < -0.3 is 14.9 Å². The van der Waals surface area contributed by atoms with Crippen molar-refractivity contribution in [2.24, 2.45) is 7.05 Å². The molecule has 2 aromatic heterocycles. The fourth-order valence-corrected chi connectivity index (χ4v) is 2.25. The number of hydrogen-bond donors (Lipinski definition) is 0. The first kappa shape index (κ1) is 13.1. The van der Waals surface area contributed by atoms with E-state index < -0.39 is 4.92 Å². The maximum atomic E-state index is 10.7. The van der Waals surface area contributed by atoms with Crippen LogP contribution in [0.1, 0.15) is 12.6 Å². The standard InChI is InChI=1S/C10H10N4O4S/c1-6(15)18-4-7-5-19-10(12-7)9-11-3-8(13(9)2)14(16)17/h3,5H,4H2,1-2H3. The Morgan fingerprint density at radius 3 is 2.95 bits per heavy atom. The third kappa shape index (κ3) is 2.76. The molecular weight excluding hydrogens is 272 g/mol. The minimum absolute atomic E-state index is 0.0817. The molecule has 2 rings (SSSR count). The number of carbonyl (C=O) groups excluding carboxylic acids is 1. The molecule has 0 saturated heterocycles. The number of ether oxygens (including phenoxy) is 1. The number of hydrogen-bond acceptors (Lipinski definition) is 7. The molecule has 0 radical (unpaired) electrons. The Balaban J connectivity index is 2.23. The molecule has 0 fully saturated rings. The van der Waals surface area contributed by atoms with Gasteiger partial charge >= 0.3 is 11.8 Å². The highest BCUT2D eigenvalue weighted by atomic mass is 32.1. The molecule has 0 aliphatic carbocycles. The number of carbonyl (C=O) groups is 1. The summed E-state index contributed by atoms with van der Waals surface area (Å²) in [5, 5.41) is 13.0. The quantitative estimate of drug-likeness (QED) is 0.478. The first-order chi connectivity index (χ1) is 8.99. The molecule has 2 heterocycles. The van der Waals surface area contributed by atoms with E-state index in [9.17, 15) is 14.9 Å². The Kier molecular flexibility index (Phi) is 3.56. The Bertz CT molecular complexity index is 633. The Labute approximate surface area is 111 Å². The lowest BCUT2D eigenvalue weighted by molar-refractivity contribution is -0.391. The van der Waals surface area contributed by atoms with Crippen LogP contribution in [0.4, 0.5) is 5.82 Å². The van der Waals surface area contributed by atoms with Crippen LogP contribution < -0.4 is 0 Å². The lowest BCUT2D eigenvalue weighted by Crippen LogP contribution is -2.00. The topological polar surface area (TPSA) is 100 Å². The van der Waals surface area contributed by atoms with E-state index in [0.717, 1.165) is 0 Å². The highest BCUT2D eigenvalue weighted by Crippen LogP contribution is 2.25. The average Bonchev–Trinajstić information content (AvgIpc) is 2.92. The smallest absolute Gasteiger partial charge is 0.342 e. The SMILES string of the molecule is CC(=O)OCc1csc(-c2ncc([N+](=O)[O-])n2C)n1. The van der Waals surface area contributed by atoms with Crippen LogP contribution in [0.3, 0.4) is 0 Å². The minimum atomic E-state index is -0.510. The number of thiazole rings is 1. The van der Waals surface area contributed by atoms with Gasteiger partial charge in [-0.3, -0.25) is 4.79 Å². The maximum absolute atomic E-state index is 10.7. The van der Waals surface area contributed by atoms with Crippen LogP contribution in [0.25, 0.3) is 10.8 Å². The predicted octanol–water partition coefficient (Wildman–Crippen LogP) is 1.51. The van der Waals surface area contributed by atoms with Gasteiger partial charge in [0.1, 0.15) is 12.8 Å². The van der Waals surface area contributed by atoms with E-state index in [1.165, 1.54) is 29.0 Å². The van der Waals surface area contributed by atoms with Crippen molar-refractivity contribution in [1.82, 2.24) is 14.5 Å². The zero-order valence-electron chi connectivity index (χ0n) is 10.2. The number of esters is 1. The van der Waals surface area contributed by atoms with E-state index in [1.807, 2.05) is 0 Å². The lowest BCUT2D eigenvalue weighted by atomic mass is 10.5. The second-order valence-electron chi connectivity index (χ2n) is 3.68. The summed E-state index contributed by atoms with van der Waals surface area (Å²) in [7, 11) is 1.55. The van der Waals surface area contributed by atoms with Crippen LogP contribution >= 0.6 is 11.3 Å². The van der Waals surface area contributed by atoms with Gasteiger partial charge in [0.2, 0.25) is 0 Å². The molecule has 0 N–H and O–H groups in total. The van der Waals surface area contributed by atoms with Crippen LogP contribution in [0.15, 0.2) is 11.6 Å². The van der Waals surface area contributed by atoms with Crippen LogP contribution in [0, 0.1) is 10.1 Å². The molecule has 0 saturated carbocycles. The van der Waals surface area contributed by atoms with Crippen LogP contribution in [0.2, 0.25) is 0 Å². The van der Waals surface area contributed by atoms with Gasteiger partial charge in [0.25, 0.3) is 5.82 Å². The number of imidazole rings is 1. The van der Waals surface area contributed by atoms with Crippen LogP contribution in [-0.2, 0) is 23.2 Å². The summed E-state index contributed by atoms with van der Waals surface area (Å²) < 4.78 is 6.18. The number of rotatable bonds is 4. The van der Waals surface area contributed by atoms with E-state index in [2.05, 4.69) is 9.97 Å². The second kappa shape index (κ2) is 5.14. The average molecular weight is 282 g/mol. The fourth-order valence-electron chi connectivity index (χ4n) is 1.42. The van der Waals surface area contributed by atoms with Crippen molar-refractivity contribution in [1.29, 1.82) is 0 Å².